The Labute approximate surface area is 182 Å². The molecule has 0 radical (unpaired) electrons. The highest BCUT2D eigenvalue weighted by molar-refractivity contribution is 7.12. The summed E-state index contributed by atoms with van der Waals surface area (Å²) in [7, 11) is 1.53. The van der Waals surface area contributed by atoms with E-state index in [9.17, 15) is 18.8 Å². The number of halogens is 1. The molecular formula is C23H19FN2O4S. The standard InChI is InChI=1S/C23H19FN2O4S/c1-30-18-10-8-17(9-11-18)26-21(27)13-19(22(26)28)25(23(29)20-3-2-12-31-20)14-15-4-6-16(24)7-5-15/h2-12,19H,13-14H2,1H3. The van der Waals surface area contributed by atoms with Gasteiger partial charge in [0, 0.05) is 6.54 Å². The summed E-state index contributed by atoms with van der Waals surface area (Å²) in [4.78, 5) is 42.2. The first kappa shape index (κ1) is 20.7. The number of thiophene rings is 1. The molecule has 31 heavy (non-hydrogen) atoms. The number of hydrogen-bond acceptors (Lipinski definition) is 5. The van der Waals surface area contributed by atoms with Crippen LogP contribution in [-0.2, 0) is 16.1 Å². The number of ether oxygens (including phenoxy) is 1. The molecular weight excluding hydrogens is 419 g/mol. The fraction of sp³-hybridized carbons (Fsp3) is 0.174. The fourth-order valence-corrected chi connectivity index (χ4v) is 4.19. The number of carbonyl (C=O) groups excluding carboxylic acids is 3. The van der Waals surface area contributed by atoms with Crippen LogP contribution in [0.25, 0.3) is 0 Å². The minimum absolute atomic E-state index is 0.0805. The van der Waals surface area contributed by atoms with E-state index in [2.05, 4.69) is 0 Å². The molecule has 4 rings (SSSR count). The molecule has 1 unspecified atom stereocenters. The molecule has 3 amide bonds. The highest BCUT2D eigenvalue weighted by Gasteiger charge is 2.44. The molecule has 1 aliphatic rings. The fourth-order valence-electron chi connectivity index (χ4n) is 3.51. The minimum Gasteiger partial charge on any atom is -0.497 e. The average Bonchev–Trinajstić information content (AvgIpc) is 3.41. The second-order valence-corrected chi connectivity index (χ2v) is 7.97. The van der Waals surface area contributed by atoms with Crippen LogP contribution in [0.5, 0.6) is 5.75 Å². The van der Waals surface area contributed by atoms with Crippen LogP contribution in [-0.4, -0.2) is 35.8 Å². The van der Waals surface area contributed by atoms with Crippen LogP contribution in [0.4, 0.5) is 10.1 Å². The van der Waals surface area contributed by atoms with Crippen molar-refractivity contribution in [2.45, 2.75) is 19.0 Å². The van der Waals surface area contributed by atoms with Gasteiger partial charge in [-0.2, -0.15) is 0 Å². The number of imide groups is 1. The highest BCUT2D eigenvalue weighted by Crippen LogP contribution is 2.29. The molecule has 158 valence electrons. The first-order valence-corrected chi connectivity index (χ1v) is 10.5. The van der Waals surface area contributed by atoms with E-state index < -0.39 is 17.8 Å². The van der Waals surface area contributed by atoms with Crippen LogP contribution in [0.15, 0.2) is 66.0 Å². The summed E-state index contributed by atoms with van der Waals surface area (Å²) in [6.07, 6.45) is -0.122. The largest absolute Gasteiger partial charge is 0.497 e. The number of nitrogens with zero attached hydrogens (tertiary/aromatic N) is 2. The Morgan fingerprint density at radius 2 is 1.84 bits per heavy atom. The average molecular weight is 438 g/mol. The van der Waals surface area contributed by atoms with Gasteiger partial charge in [0.05, 0.1) is 24.1 Å². The van der Waals surface area contributed by atoms with Crippen molar-refractivity contribution in [2.24, 2.45) is 0 Å². The molecule has 1 aliphatic heterocycles. The van der Waals surface area contributed by atoms with E-state index in [-0.39, 0.29) is 24.8 Å². The summed E-state index contributed by atoms with van der Waals surface area (Å²) in [5.74, 6) is -0.990. The van der Waals surface area contributed by atoms with Gasteiger partial charge in [0.25, 0.3) is 11.8 Å². The third-order valence-corrected chi connectivity index (χ3v) is 5.95. The lowest BCUT2D eigenvalue weighted by molar-refractivity contribution is -0.122. The van der Waals surface area contributed by atoms with E-state index in [0.717, 1.165) is 4.90 Å². The van der Waals surface area contributed by atoms with E-state index in [1.165, 1.54) is 35.5 Å². The number of carbonyl (C=O) groups is 3. The Hall–Kier alpha value is -3.52. The van der Waals surface area contributed by atoms with E-state index in [1.807, 2.05) is 0 Å². The lowest BCUT2D eigenvalue weighted by Crippen LogP contribution is -2.44. The van der Waals surface area contributed by atoms with Crippen LogP contribution >= 0.6 is 11.3 Å². The van der Waals surface area contributed by atoms with Gasteiger partial charge >= 0.3 is 0 Å². The molecule has 0 saturated carbocycles. The van der Waals surface area contributed by atoms with Crippen LogP contribution in [0.1, 0.15) is 21.7 Å². The highest BCUT2D eigenvalue weighted by atomic mass is 32.1. The van der Waals surface area contributed by atoms with Crippen LogP contribution in [0.3, 0.4) is 0 Å². The number of benzene rings is 2. The van der Waals surface area contributed by atoms with Crippen molar-refractivity contribution in [3.8, 4) is 5.75 Å². The Balaban J connectivity index is 1.65. The van der Waals surface area contributed by atoms with E-state index >= 15 is 0 Å². The zero-order valence-corrected chi connectivity index (χ0v) is 17.5. The normalized spacial score (nSPS) is 15.9. The van der Waals surface area contributed by atoms with Crippen molar-refractivity contribution in [3.63, 3.8) is 0 Å². The number of hydrogen-bond donors (Lipinski definition) is 0. The van der Waals surface area contributed by atoms with E-state index in [4.69, 9.17) is 4.74 Å². The third kappa shape index (κ3) is 4.20. The van der Waals surface area contributed by atoms with Crippen LogP contribution in [0.2, 0.25) is 0 Å². The number of amides is 3. The minimum atomic E-state index is -0.950. The van der Waals surface area contributed by atoms with Crippen molar-refractivity contribution >= 4 is 34.7 Å². The smallest absolute Gasteiger partial charge is 0.264 e. The third-order valence-electron chi connectivity index (χ3n) is 5.09. The summed E-state index contributed by atoms with van der Waals surface area (Å²) < 4.78 is 18.4. The molecule has 0 aliphatic carbocycles. The molecule has 1 atom stereocenters. The maximum Gasteiger partial charge on any atom is 0.264 e. The van der Waals surface area contributed by atoms with Crippen LogP contribution < -0.4 is 9.64 Å². The molecule has 3 aromatic rings. The Morgan fingerprint density at radius 3 is 2.45 bits per heavy atom. The second kappa shape index (κ2) is 8.69. The molecule has 2 heterocycles. The molecule has 0 bridgehead atoms. The quantitative estimate of drug-likeness (QED) is 0.548. The maximum absolute atomic E-state index is 13.3. The van der Waals surface area contributed by atoms with E-state index in [0.29, 0.717) is 21.9 Å². The first-order valence-electron chi connectivity index (χ1n) is 9.57. The van der Waals surface area contributed by atoms with Crippen molar-refractivity contribution in [3.05, 3.63) is 82.3 Å². The van der Waals surface area contributed by atoms with Crippen molar-refractivity contribution in [1.29, 1.82) is 0 Å². The summed E-state index contributed by atoms with van der Waals surface area (Å²) in [6, 6.07) is 14.8. The van der Waals surface area contributed by atoms with Gasteiger partial charge in [0.15, 0.2) is 0 Å². The van der Waals surface area contributed by atoms with Crippen molar-refractivity contribution < 1.29 is 23.5 Å². The molecule has 6 nitrogen and oxygen atoms in total. The van der Waals surface area contributed by atoms with Gasteiger partial charge in [0.2, 0.25) is 5.91 Å². The molecule has 1 saturated heterocycles. The van der Waals surface area contributed by atoms with Crippen molar-refractivity contribution in [1.82, 2.24) is 4.90 Å². The lowest BCUT2D eigenvalue weighted by Gasteiger charge is -2.27. The van der Waals surface area contributed by atoms with Crippen molar-refractivity contribution in [2.75, 3.05) is 12.0 Å². The number of anilines is 1. The van der Waals surface area contributed by atoms with Gasteiger partial charge in [0.1, 0.15) is 17.6 Å². The Morgan fingerprint density at radius 1 is 1.13 bits per heavy atom. The van der Waals surface area contributed by atoms with Gasteiger partial charge in [-0.15, -0.1) is 11.3 Å². The summed E-state index contributed by atoms with van der Waals surface area (Å²) in [5, 5.41) is 1.77. The molecule has 1 aromatic heterocycles. The molecule has 0 N–H and O–H groups in total. The predicted octanol–water partition coefficient (Wildman–Crippen LogP) is 3.87. The SMILES string of the molecule is COc1ccc(N2C(=O)CC(N(Cc3ccc(F)cc3)C(=O)c3cccs3)C2=O)cc1. The van der Waals surface area contributed by atoms with Gasteiger partial charge in [-0.3, -0.25) is 14.4 Å². The predicted molar refractivity (Wildman–Crippen MR) is 114 cm³/mol. The number of methoxy groups -OCH3 is 1. The van der Waals surface area contributed by atoms with Gasteiger partial charge in [-0.05, 0) is 53.4 Å². The molecule has 0 spiro atoms. The Kier molecular flexibility index (Phi) is 5.81. The second-order valence-electron chi connectivity index (χ2n) is 7.02. The van der Waals surface area contributed by atoms with Gasteiger partial charge < -0.3 is 9.64 Å². The van der Waals surface area contributed by atoms with Gasteiger partial charge in [-0.1, -0.05) is 18.2 Å². The number of rotatable bonds is 6. The summed E-state index contributed by atoms with van der Waals surface area (Å²) in [5.41, 5.74) is 1.08. The van der Waals surface area contributed by atoms with Gasteiger partial charge in [-0.25, -0.2) is 9.29 Å². The van der Waals surface area contributed by atoms with Crippen LogP contribution in [0, 0.1) is 5.82 Å². The first-order chi connectivity index (χ1) is 15.0. The molecule has 2 aromatic carbocycles. The molecule has 8 heteroatoms. The lowest BCUT2D eigenvalue weighted by atomic mass is 10.1. The maximum atomic E-state index is 13.3. The topological polar surface area (TPSA) is 66.9 Å². The zero-order chi connectivity index (χ0) is 22.0. The summed E-state index contributed by atoms with van der Waals surface area (Å²) in [6.45, 7) is 0.0805. The monoisotopic (exact) mass is 438 g/mol. The summed E-state index contributed by atoms with van der Waals surface area (Å²) >= 11 is 1.26. The zero-order valence-electron chi connectivity index (χ0n) is 16.7. The van der Waals surface area contributed by atoms with E-state index in [1.54, 1.807) is 53.9 Å². The Bertz CT molecular complexity index is 1100. The molecule has 1 fully saturated rings.